The lowest BCUT2D eigenvalue weighted by molar-refractivity contribution is -0.142. The number of anilines is 1. The van der Waals surface area contributed by atoms with Gasteiger partial charge in [-0.25, -0.2) is 34.4 Å². The Morgan fingerprint density at radius 1 is 1.00 bits per heavy atom. The molecule has 3 heterocycles. The van der Waals surface area contributed by atoms with E-state index in [1.807, 2.05) is 22.6 Å². The quantitative estimate of drug-likeness (QED) is 0.0689. The van der Waals surface area contributed by atoms with E-state index in [0.29, 0.717) is 27.2 Å². The Balaban J connectivity index is 1.31. The summed E-state index contributed by atoms with van der Waals surface area (Å²) in [6, 6.07) is 5.05. The summed E-state index contributed by atoms with van der Waals surface area (Å²) < 4.78 is 187. The molecule has 3 aromatic heterocycles. The molecular weight excluding hydrogens is 1080 g/mol. The van der Waals surface area contributed by atoms with Crippen LogP contribution in [0.5, 0.6) is 0 Å². The Morgan fingerprint density at radius 3 is 2.28 bits per heavy atom. The average molecular weight is 1120 g/mol. The van der Waals surface area contributed by atoms with Crippen LogP contribution in [0, 0.1) is 21.1 Å². The van der Waals surface area contributed by atoms with Gasteiger partial charge in [-0.05, 0) is 118 Å². The molecule has 3 aliphatic rings. The van der Waals surface area contributed by atoms with E-state index in [4.69, 9.17) is 16.6 Å². The fourth-order valence-corrected chi connectivity index (χ4v) is 12.4. The summed E-state index contributed by atoms with van der Waals surface area (Å²) in [6.07, 6.45) is -7.94. The minimum Gasteiger partial charge on any atom is -0.346 e. The van der Waals surface area contributed by atoms with Crippen LogP contribution in [-0.4, -0.2) is 69.5 Å². The van der Waals surface area contributed by atoms with Crippen molar-refractivity contribution in [2.45, 2.75) is 113 Å². The second kappa shape index (κ2) is 17.4. The number of halogens is 11. The number of pyridine rings is 1. The summed E-state index contributed by atoms with van der Waals surface area (Å²) in [7, 11) is -7.71. The largest absolute Gasteiger partial charge is 0.435 e. The number of fused-ring (bicyclic) bond motifs is 4. The molecule has 0 bridgehead atoms. The van der Waals surface area contributed by atoms with Crippen molar-refractivity contribution in [3.05, 3.63) is 90.5 Å². The molecule has 8 rings (SSSR count). The fourth-order valence-electron chi connectivity index (χ4n) is 8.79. The third-order valence-corrected chi connectivity index (χ3v) is 18.0. The summed E-state index contributed by atoms with van der Waals surface area (Å²) in [5.41, 5.74) is -3.46. The Bertz CT molecular complexity index is 3030. The summed E-state index contributed by atoms with van der Waals surface area (Å²) in [5, 5.41) is 9.40. The number of sulfonamides is 1. The van der Waals surface area contributed by atoms with Crippen molar-refractivity contribution in [2.75, 3.05) is 10.5 Å². The first-order valence-electron chi connectivity index (χ1n) is 20.8. The maximum atomic E-state index is 15.6. The third kappa shape index (κ3) is 9.48. The zero-order valence-electron chi connectivity index (χ0n) is 35.5. The normalized spacial score (nSPS) is 18.6. The number of sulfone groups is 1. The number of benzene rings is 2. The molecule has 12 nitrogen and oxygen atoms in total. The smallest absolute Gasteiger partial charge is 0.346 e. The minimum atomic E-state index is -5.15. The molecule has 362 valence electrons. The second-order valence-corrected chi connectivity index (χ2v) is 24.0. The molecule has 0 radical (unpaired) electrons. The highest BCUT2D eigenvalue weighted by atomic mass is 127. The van der Waals surface area contributed by atoms with Crippen LogP contribution in [0.15, 0.2) is 36.4 Å². The van der Waals surface area contributed by atoms with Crippen molar-refractivity contribution < 1.29 is 61.1 Å². The van der Waals surface area contributed by atoms with Gasteiger partial charge >= 0.3 is 6.18 Å². The van der Waals surface area contributed by atoms with Crippen LogP contribution in [0.3, 0.4) is 0 Å². The van der Waals surface area contributed by atoms with Crippen molar-refractivity contribution >= 4 is 76.7 Å². The lowest BCUT2D eigenvalue weighted by atomic mass is 9.93. The Hall–Kier alpha value is -4.17. The second-order valence-electron chi connectivity index (χ2n) is 17.5. The molecule has 0 aliphatic heterocycles. The van der Waals surface area contributed by atoms with E-state index in [1.54, 1.807) is 13.8 Å². The van der Waals surface area contributed by atoms with Gasteiger partial charge in [-0.3, -0.25) is 23.9 Å². The number of amides is 1. The van der Waals surface area contributed by atoms with E-state index in [0.717, 1.165) is 16.8 Å². The van der Waals surface area contributed by atoms with Crippen LogP contribution in [0.1, 0.15) is 92.3 Å². The summed E-state index contributed by atoms with van der Waals surface area (Å²) in [5.74, 6) is -10.4. The molecule has 2 fully saturated rings. The highest BCUT2D eigenvalue weighted by Gasteiger charge is 2.68. The van der Waals surface area contributed by atoms with E-state index in [2.05, 4.69) is 20.2 Å². The zero-order valence-corrected chi connectivity index (χ0v) is 40.0. The van der Waals surface area contributed by atoms with Crippen molar-refractivity contribution in [2.24, 2.45) is 5.92 Å². The summed E-state index contributed by atoms with van der Waals surface area (Å²) in [4.78, 5) is 19.1. The van der Waals surface area contributed by atoms with Crippen LogP contribution in [-0.2, 0) is 62.7 Å². The zero-order chi connectivity index (χ0) is 48.9. The number of hydrogen-bond acceptors (Lipinski definition) is 8. The molecule has 25 heteroatoms. The standard InChI is InChI=1S/C42H40ClF9IN7O5S2/c1-4-66(62,63)58-39-34-27(43)8-7-23(36(34)59(57-39)17-31(46)47)24-16-28(53)29(9-10-40(2,3)67(64,65)22-5-6-22)55-35(24)30(13-19-11-20(44)14-21(45)12-19)54-32(61)18-60-38-33(37(56-60)42(50,51)52)25-15-26(25)41(38,48)49/h7-8,11-12,14,16,22,25-26,30-31H,4-6,9-10,13,15,17-18H2,1-3H3,(H,54,61)(H,57,58)/t25-,26+,30-/m0/s1. The third-order valence-electron chi connectivity index (χ3n) is 12.4. The van der Waals surface area contributed by atoms with Gasteiger partial charge in [0.05, 0.1) is 49.1 Å². The van der Waals surface area contributed by atoms with Gasteiger partial charge in [-0.1, -0.05) is 17.7 Å². The average Bonchev–Trinajstić information content (AvgIpc) is 4.13. The van der Waals surface area contributed by atoms with Crippen molar-refractivity contribution in [1.82, 2.24) is 29.9 Å². The number of nitrogens with zero attached hydrogens (tertiary/aromatic N) is 5. The van der Waals surface area contributed by atoms with E-state index < -0.39 is 132 Å². The van der Waals surface area contributed by atoms with Crippen LogP contribution < -0.4 is 10.0 Å². The maximum Gasteiger partial charge on any atom is 0.435 e. The molecule has 3 aliphatic carbocycles. The van der Waals surface area contributed by atoms with E-state index in [-0.39, 0.29) is 63.3 Å². The first-order valence-corrected chi connectivity index (χ1v) is 25.5. The van der Waals surface area contributed by atoms with Gasteiger partial charge in [0.15, 0.2) is 21.3 Å². The molecule has 67 heavy (non-hydrogen) atoms. The topological polar surface area (TPSA) is 158 Å². The van der Waals surface area contributed by atoms with Gasteiger partial charge in [0.1, 0.15) is 30.4 Å². The minimum absolute atomic E-state index is 0.0148. The van der Waals surface area contributed by atoms with Crippen LogP contribution in [0.2, 0.25) is 5.02 Å². The number of carbonyl (C=O) groups excluding carboxylic acids is 1. The predicted molar refractivity (Wildman–Crippen MR) is 237 cm³/mol. The molecule has 1 amide bonds. The molecular formula is C42H40ClF9IN7O5S2. The van der Waals surface area contributed by atoms with E-state index in [9.17, 15) is 52.4 Å². The predicted octanol–water partition coefficient (Wildman–Crippen LogP) is 9.47. The van der Waals surface area contributed by atoms with E-state index in [1.165, 1.54) is 25.1 Å². The molecule has 0 spiro atoms. The van der Waals surface area contributed by atoms with Crippen molar-refractivity contribution in [3.8, 4) is 11.1 Å². The van der Waals surface area contributed by atoms with Crippen LogP contribution in [0.25, 0.3) is 22.0 Å². The first-order chi connectivity index (χ1) is 31.1. The fraction of sp³-hybridized carbons (Fsp3) is 0.476. The molecule has 3 atom stereocenters. The Kier molecular flexibility index (Phi) is 12.8. The lowest BCUT2D eigenvalue weighted by Gasteiger charge is -2.26. The maximum absolute atomic E-state index is 15.6. The molecule has 2 N–H and O–H groups in total. The molecule has 0 saturated heterocycles. The Morgan fingerprint density at radius 2 is 1.67 bits per heavy atom. The number of hydrogen-bond donors (Lipinski definition) is 2. The summed E-state index contributed by atoms with van der Waals surface area (Å²) in [6.45, 7) is 2.16. The highest BCUT2D eigenvalue weighted by molar-refractivity contribution is 14.1. The van der Waals surface area contributed by atoms with Gasteiger partial charge in [-0.15, -0.1) is 0 Å². The van der Waals surface area contributed by atoms with Gasteiger partial charge in [0.2, 0.25) is 15.9 Å². The van der Waals surface area contributed by atoms with Gasteiger partial charge in [0.25, 0.3) is 12.3 Å². The van der Waals surface area contributed by atoms with Crippen LogP contribution in [0.4, 0.5) is 45.3 Å². The first kappa shape index (κ1) is 49.3. The number of nitrogens with one attached hydrogen (secondary N) is 2. The van der Waals surface area contributed by atoms with Crippen molar-refractivity contribution in [3.63, 3.8) is 0 Å². The summed E-state index contributed by atoms with van der Waals surface area (Å²) >= 11 is 8.54. The molecule has 5 aromatic rings. The number of rotatable bonds is 17. The van der Waals surface area contributed by atoms with Gasteiger partial charge in [0, 0.05) is 32.2 Å². The number of aryl methyl sites for hydroxylation is 1. The SMILES string of the molecule is CCS(=O)(=O)Nc1nn(CC(F)F)c2c(-c3cc(I)c(CCC(C)(C)S(=O)(=O)C4CC4)nc3[C@H](Cc3cc(F)cc(F)c3)NC(=O)Cn3nc(C(F)(F)F)c4c3C(F)(F)[C@@H]3C[C@H]43)ccc(Cl)c12. The van der Waals surface area contributed by atoms with Gasteiger partial charge in [-0.2, -0.15) is 32.1 Å². The van der Waals surface area contributed by atoms with Gasteiger partial charge < -0.3 is 5.32 Å². The van der Waals surface area contributed by atoms with Crippen LogP contribution >= 0.6 is 34.2 Å². The Labute approximate surface area is 396 Å². The molecule has 2 aromatic carbocycles. The number of alkyl halides is 7. The van der Waals surface area contributed by atoms with Crippen molar-refractivity contribution in [1.29, 1.82) is 0 Å². The number of carbonyl (C=O) groups is 1. The highest BCUT2D eigenvalue weighted by Crippen LogP contribution is 2.68. The monoisotopic (exact) mass is 1120 g/mol. The lowest BCUT2D eigenvalue weighted by Crippen LogP contribution is -2.36. The molecule has 0 unspecified atom stereocenters. The van der Waals surface area contributed by atoms with E-state index >= 15 is 8.78 Å². The number of aromatic nitrogens is 5. The molecule has 2 saturated carbocycles.